The fourth-order valence-electron chi connectivity index (χ4n) is 4.79. The summed E-state index contributed by atoms with van der Waals surface area (Å²) >= 11 is 0. The van der Waals surface area contributed by atoms with Crippen molar-refractivity contribution in [3.05, 3.63) is 29.6 Å². The number of ether oxygens (including phenoxy) is 1. The zero-order valence-corrected chi connectivity index (χ0v) is 21.8. The van der Waals surface area contributed by atoms with Gasteiger partial charge >= 0.3 is 0 Å². The number of likely N-dealkylation sites (tertiary alicyclic amines) is 2. The van der Waals surface area contributed by atoms with Crippen LogP contribution in [0.3, 0.4) is 0 Å². The van der Waals surface area contributed by atoms with Gasteiger partial charge < -0.3 is 19.9 Å². The van der Waals surface area contributed by atoms with E-state index in [0.717, 1.165) is 31.2 Å². The van der Waals surface area contributed by atoms with Gasteiger partial charge in [-0.05, 0) is 76.6 Å². The topological polar surface area (TPSA) is 43.3 Å². The van der Waals surface area contributed by atoms with Gasteiger partial charge in [0.2, 0.25) is 0 Å². The molecule has 2 aliphatic heterocycles. The highest BCUT2D eigenvalue weighted by Crippen LogP contribution is 2.31. The van der Waals surface area contributed by atoms with E-state index in [4.69, 9.17) is 4.74 Å². The zero-order valence-electron chi connectivity index (χ0n) is 19.5. The van der Waals surface area contributed by atoms with Crippen molar-refractivity contribution in [1.29, 1.82) is 0 Å². The normalized spacial score (nSPS) is 20.1. The average Bonchev–Trinajstić information content (AvgIpc) is 2.76. The van der Waals surface area contributed by atoms with Crippen molar-refractivity contribution in [3.63, 3.8) is 0 Å². The lowest BCUT2D eigenvalue weighted by molar-refractivity contribution is 0.0170. The molecule has 0 saturated carbocycles. The number of aliphatic imine (C=N–C) groups is 1. The van der Waals surface area contributed by atoms with Crippen molar-refractivity contribution in [2.24, 2.45) is 4.99 Å². The molecule has 0 aromatic heterocycles. The minimum Gasteiger partial charge on any atom is -0.494 e. The highest BCUT2D eigenvalue weighted by molar-refractivity contribution is 14.0. The highest BCUT2D eigenvalue weighted by atomic mass is 127. The van der Waals surface area contributed by atoms with E-state index in [-0.39, 0.29) is 41.1 Å². The number of rotatable bonds is 6. The van der Waals surface area contributed by atoms with Crippen LogP contribution in [0.1, 0.15) is 37.7 Å². The van der Waals surface area contributed by atoms with Gasteiger partial charge in [0, 0.05) is 32.7 Å². The Bertz CT molecular complexity index is 718. The van der Waals surface area contributed by atoms with Crippen LogP contribution in [0.15, 0.2) is 23.2 Å². The molecule has 0 radical (unpaired) electrons. The van der Waals surface area contributed by atoms with Crippen molar-refractivity contribution in [3.8, 4) is 5.75 Å². The highest BCUT2D eigenvalue weighted by Gasteiger charge is 2.39. The van der Waals surface area contributed by atoms with Crippen molar-refractivity contribution >= 4 is 29.9 Å². The smallest absolute Gasteiger partial charge is 0.193 e. The minimum absolute atomic E-state index is 0. The number of halogens is 2. The summed E-state index contributed by atoms with van der Waals surface area (Å²) < 4.78 is 19.1. The van der Waals surface area contributed by atoms with Gasteiger partial charge in [0.1, 0.15) is 0 Å². The third kappa shape index (κ3) is 6.68. The summed E-state index contributed by atoms with van der Waals surface area (Å²) in [6.45, 7) is 6.15. The van der Waals surface area contributed by atoms with E-state index in [2.05, 4.69) is 32.1 Å². The molecule has 0 aliphatic carbocycles. The second-order valence-corrected chi connectivity index (χ2v) is 8.80. The molecule has 31 heavy (non-hydrogen) atoms. The van der Waals surface area contributed by atoms with Crippen LogP contribution in [0.4, 0.5) is 4.39 Å². The Hall–Kier alpha value is -1.13. The number of benzene rings is 1. The van der Waals surface area contributed by atoms with Gasteiger partial charge in [-0.1, -0.05) is 12.5 Å². The Balaban J connectivity index is 0.00000341. The molecular weight excluding hydrogens is 508 g/mol. The van der Waals surface area contributed by atoms with Crippen LogP contribution >= 0.6 is 24.0 Å². The number of hydrogen-bond acceptors (Lipinski definition) is 4. The standard InChI is InChI=1S/C23H38FN5O.HI/c1-25-22(28(3)17-19-8-9-21(30-4)20(24)16-19)26-18-23(10-14-27(2)15-11-23)29-12-6-5-7-13-29;/h8-9,16H,5-7,10-15,17-18H2,1-4H3,(H,25,26);1H. The lowest BCUT2D eigenvalue weighted by Crippen LogP contribution is -2.62. The number of methoxy groups -OCH3 is 1. The van der Waals surface area contributed by atoms with Gasteiger partial charge in [0.15, 0.2) is 17.5 Å². The molecule has 2 heterocycles. The van der Waals surface area contributed by atoms with E-state index in [1.165, 1.54) is 58.4 Å². The fourth-order valence-corrected chi connectivity index (χ4v) is 4.79. The summed E-state index contributed by atoms with van der Waals surface area (Å²) in [4.78, 5) is 11.7. The summed E-state index contributed by atoms with van der Waals surface area (Å²) in [5, 5.41) is 3.65. The SMILES string of the molecule is CN=C(NCC1(N2CCCCC2)CCN(C)CC1)N(C)Cc1ccc(OC)c(F)c1.I. The minimum atomic E-state index is -0.332. The molecule has 0 bridgehead atoms. The van der Waals surface area contributed by atoms with E-state index < -0.39 is 0 Å². The Morgan fingerprint density at radius 1 is 1.19 bits per heavy atom. The van der Waals surface area contributed by atoms with E-state index in [0.29, 0.717) is 6.54 Å². The van der Waals surface area contributed by atoms with Crippen molar-refractivity contribution in [2.75, 3.05) is 61.0 Å². The quantitative estimate of drug-likeness (QED) is 0.336. The van der Waals surface area contributed by atoms with Crippen LogP contribution in [0.5, 0.6) is 5.75 Å². The van der Waals surface area contributed by atoms with Crippen molar-refractivity contribution in [2.45, 2.75) is 44.2 Å². The van der Waals surface area contributed by atoms with Crippen molar-refractivity contribution in [1.82, 2.24) is 20.0 Å². The number of piperidine rings is 2. The fraction of sp³-hybridized carbons (Fsp3) is 0.696. The van der Waals surface area contributed by atoms with Gasteiger partial charge in [-0.25, -0.2) is 4.39 Å². The van der Waals surface area contributed by atoms with Crippen LogP contribution in [0.25, 0.3) is 0 Å². The second kappa shape index (κ2) is 12.2. The van der Waals surface area contributed by atoms with Gasteiger partial charge in [-0.15, -0.1) is 24.0 Å². The molecule has 0 amide bonds. The van der Waals surface area contributed by atoms with Crippen LogP contribution in [-0.2, 0) is 6.54 Å². The summed E-state index contributed by atoms with van der Waals surface area (Å²) in [6.07, 6.45) is 6.31. The molecule has 0 spiro atoms. The summed E-state index contributed by atoms with van der Waals surface area (Å²) in [6, 6.07) is 5.12. The first-order chi connectivity index (χ1) is 14.5. The Morgan fingerprint density at radius 2 is 1.87 bits per heavy atom. The molecule has 6 nitrogen and oxygen atoms in total. The van der Waals surface area contributed by atoms with E-state index in [9.17, 15) is 4.39 Å². The molecule has 176 valence electrons. The Labute approximate surface area is 204 Å². The molecule has 2 saturated heterocycles. The van der Waals surface area contributed by atoms with Crippen LogP contribution in [-0.4, -0.2) is 87.2 Å². The summed E-state index contributed by atoms with van der Waals surface area (Å²) in [5.41, 5.74) is 1.08. The molecule has 2 fully saturated rings. The van der Waals surface area contributed by atoms with Crippen LogP contribution in [0, 0.1) is 5.82 Å². The predicted octanol–water partition coefficient (Wildman–Crippen LogP) is 3.41. The van der Waals surface area contributed by atoms with Crippen LogP contribution in [0.2, 0.25) is 0 Å². The van der Waals surface area contributed by atoms with E-state index in [1.54, 1.807) is 6.07 Å². The van der Waals surface area contributed by atoms with Gasteiger partial charge in [-0.3, -0.25) is 9.89 Å². The monoisotopic (exact) mass is 547 g/mol. The maximum atomic E-state index is 14.1. The summed E-state index contributed by atoms with van der Waals surface area (Å²) in [7, 11) is 7.51. The maximum absolute atomic E-state index is 14.1. The Morgan fingerprint density at radius 3 is 2.45 bits per heavy atom. The summed E-state index contributed by atoms with van der Waals surface area (Å²) in [5.74, 6) is 0.790. The molecule has 3 rings (SSSR count). The lowest BCUT2D eigenvalue weighted by atomic mass is 9.84. The number of nitrogens with zero attached hydrogens (tertiary/aromatic N) is 4. The van der Waals surface area contributed by atoms with Crippen molar-refractivity contribution < 1.29 is 9.13 Å². The molecule has 1 aromatic rings. The van der Waals surface area contributed by atoms with Crippen LogP contribution < -0.4 is 10.1 Å². The molecule has 2 aliphatic rings. The number of hydrogen-bond donors (Lipinski definition) is 1. The second-order valence-electron chi connectivity index (χ2n) is 8.80. The lowest BCUT2D eigenvalue weighted by Gasteiger charge is -2.50. The third-order valence-electron chi connectivity index (χ3n) is 6.73. The first-order valence-electron chi connectivity index (χ1n) is 11.2. The number of nitrogens with one attached hydrogen (secondary N) is 1. The van der Waals surface area contributed by atoms with E-state index >= 15 is 0 Å². The number of guanidine groups is 1. The van der Waals surface area contributed by atoms with Gasteiger partial charge in [-0.2, -0.15) is 0 Å². The molecular formula is C23H39FIN5O. The molecule has 8 heteroatoms. The molecule has 0 unspecified atom stereocenters. The van der Waals surface area contributed by atoms with Gasteiger partial charge in [0.05, 0.1) is 7.11 Å². The molecule has 1 aromatic carbocycles. The average molecular weight is 548 g/mol. The maximum Gasteiger partial charge on any atom is 0.193 e. The Kier molecular flexibility index (Phi) is 10.3. The zero-order chi connectivity index (χ0) is 21.6. The van der Waals surface area contributed by atoms with E-state index in [1.807, 2.05) is 20.2 Å². The molecule has 1 N–H and O–H groups in total. The first-order valence-corrected chi connectivity index (χ1v) is 11.2. The molecule has 0 atom stereocenters. The van der Waals surface area contributed by atoms with Gasteiger partial charge in [0.25, 0.3) is 0 Å². The predicted molar refractivity (Wildman–Crippen MR) is 136 cm³/mol. The third-order valence-corrected chi connectivity index (χ3v) is 6.73. The first kappa shape index (κ1) is 26.1. The largest absolute Gasteiger partial charge is 0.494 e.